The standard InChI is InChI=1S/5C10H18O3.C8H17.2Al/c5*1-6(2)10(7(3)4)8(11)5-9(12)13;1-3-5-7-8-6-4-2;;/h5*6-7,10H,5H2,1-4H3,(H,12,13);1,3-8H2,2H3;;/q;;;;;;+2;+3/p-5. The van der Waals surface area contributed by atoms with Gasteiger partial charge in [0, 0.05) is 91.5 Å². The Balaban J connectivity index is -0.000000148. The third kappa shape index (κ3) is 48.8. The Morgan fingerprint density at radius 3 is 0.520 bits per heavy atom. The van der Waals surface area contributed by atoms with Crippen molar-refractivity contribution in [3.8, 4) is 0 Å². The summed E-state index contributed by atoms with van der Waals surface area (Å²) in [6.45, 7) is 40.8. The zero-order valence-corrected chi connectivity index (χ0v) is 52.7. The van der Waals surface area contributed by atoms with E-state index in [1.807, 2.05) is 138 Å². The number of unbranched alkanes of at least 4 members (excludes halogenated alkanes) is 5. The molecule has 0 unspecified atom stereocenters. The van der Waals surface area contributed by atoms with Gasteiger partial charge in [0.25, 0.3) is 0 Å². The molecular formula is C58H102Al2O15. The van der Waals surface area contributed by atoms with Gasteiger partial charge in [0.2, 0.25) is 0 Å². The van der Waals surface area contributed by atoms with Crippen LogP contribution < -0.4 is 25.5 Å². The van der Waals surface area contributed by atoms with Crippen LogP contribution in [-0.2, 0) is 47.9 Å². The van der Waals surface area contributed by atoms with E-state index in [4.69, 9.17) is 0 Å². The van der Waals surface area contributed by atoms with E-state index in [1.54, 1.807) is 0 Å². The van der Waals surface area contributed by atoms with Gasteiger partial charge in [-0.2, -0.15) is 0 Å². The number of hydrogen-bond donors (Lipinski definition) is 0. The first-order valence-corrected chi connectivity index (χ1v) is 27.9. The number of carboxylic acid groups (broad SMARTS) is 5. The van der Waals surface area contributed by atoms with Crippen molar-refractivity contribution in [2.45, 2.75) is 221 Å². The van der Waals surface area contributed by atoms with Gasteiger partial charge in [-0.15, -0.1) is 0 Å². The maximum absolute atomic E-state index is 11.4. The maximum Gasteiger partial charge on any atom is 3.00 e. The van der Waals surface area contributed by atoms with E-state index in [0.717, 1.165) is 0 Å². The van der Waals surface area contributed by atoms with Crippen LogP contribution in [0, 0.1) is 88.8 Å². The molecule has 0 aromatic carbocycles. The molecule has 0 amide bonds. The Bertz CT molecular complexity index is 1310. The molecule has 0 saturated carbocycles. The van der Waals surface area contributed by atoms with Gasteiger partial charge in [0.05, 0.1) is 0 Å². The molecule has 0 rings (SSSR count). The van der Waals surface area contributed by atoms with E-state index >= 15 is 0 Å². The number of rotatable bonds is 31. The third-order valence-corrected chi connectivity index (χ3v) is 12.6. The Hall–Kier alpha value is -3.24. The quantitative estimate of drug-likeness (QED) is 0.0459. The van der Waals surface area contributed by atoms with E-state index < -0.39 is 62.0 Å². The number of carboxylic acids is 5. The first-order chi connectivity index (χ1) is 33.7. The van der Waals surface area contributed by atoms with Crippen LogP contribution in [0.25, 0.3) is 0 Å². The van der Waals surface area contributed by atoms with Crippen LogP contribution in [0.3, 0.4) is 0 Å². The first-order valence-electron chi connectivity index (χ1n) is 27.0. The van der Waals surface area contributed by atoms with Crippen molar-refractivity contribution in [3.63, 3.8) is 0 Å². The summed E-state index contributed by atoms with van der Waals surface area (Å²) in [5.41, 5.74) is 0. The molecule has 0 spiro atoms. The van der Waals surface area contributed by atoms with Crippen molar-refractivity contribution in [1.82, 2.24) is 0 Å². The molecule has 0 fully saturated rings. The Morgan fingerprint density at radius 1 is 0.280 bits per heavy atom. The predicted octanol–water partition coefficient (Wildman–Crippen LogP) is 5.67. The molecule has 0 atom stereocenters. The average Bonchev–Trinajstić information content (AvgIpc) is 3.16. The van der Waals surface area contributed by atoms with Crippen LogP contribution in [0.1, 0.15) is 216 Å². The molecule has 0 bridgehead atoms. The molecule has 75 heavy (non-hydrogen) atoms. The molecule has 0 N–H and O–H groups in total. The van der Waals surface area contributed by atoms with Gasteiger partial charge in [0.1, 0.15) is 28.9 Å². The molecule has 15 nitrogen and oxygen atoms in total. The molecule has 0 radical (unpaired) electrons. The van der Waals surface area contributed by atoms with E-state index in [0.29, 0.717) is 0 Å². The van der Waals surface area contributed by atoms with Gasteiger partial charge in [-0.05, 0) is 59.2 Å². The fraction of sp³-hybridized carbons (Fsp3) is 0.828. The second-order valence-corrected chi connectivity index (χ2v) is 23.3. The first kappa shape index (κ1) is 85.7. The van der Waals surface area contributed by atoms with E-state index in [2.05, 4.69) is 23.2 Å². The van der Waals surface area contributed by atoms with Gasteiger partial charge < -0.3 is 49.5 Å². The van der Waals surface area contributed by atoms with Crippen molar-refractivity contribution >= 4 is 92.4 Å². The summed E-state index contributed by atoms with van der Waals surface area (Å²) in [5.74, 6) is -6.47. The Labute approximate surface area is 473 Å². The summed E-state index contributed by atoms with van der Waals surface area (Å²) >= 11 is 2.78. The summed E-state index contributed by atoms with van der Waals surface area (Å²) in [6, 6.07) is 0. The fourth-order valence-electron chi connectivity index (χ4n) is 9.79. The van der Waals surface area contributed by atoms with Crippen molar-refractivity contribution in [1.29, 1.82) is 0 Å². The van der Waals surface area contributed by atoms with Gasteiger partial charge in [-0.1, -0.05) is 138 Å². The maximum atomic E-state index is 11.4. The van der Waals surface area contributed by atoms with E-state index in [9.17, 15) is 73.5 Å². The van der Waals surface area contributed by atoms with E-state index in [-0.39, 0.29) is 135 Å². The summed E-state index contributed by atoms with van der Waals surface area (Å²) in [5, 5.41) is 52.4. The van der Waals surface area contributed by atoms with Crippen molar-refractivity contribution in [3.05, 3.63) is 0 Å². The second-order valence-electron chi connectivity index (χ2n) is 22.7. The molecule has 0 heterocycles. The van der Waals surface area contributed by atoms with Gasteiger partial charge in [0.15, 0.2) is 0 Å². The Kier molecular flexibility index (Phi) is 56.1. The minimum Gasteiger partial charge on any atom is 3.00 e. The third-order valence-electron chi connectivity index (χ3n) is 12.2. The van der Waals surface area contributed by atoms with Gasteiger partial charge in [-0.25, -0.2) is 0 Å². The fourth-order valence-corrected chi connectivity index (χ4v) is 10.1. The van der Waals surface area contributed by atoms with E-state index in [1.165, 1.54) is 43.8 Å². The second kappa shape index (κ2) is 49.1. The summed E-state index contributed by atoms with van der Waals surface area (Å²) < 4.78 is 0. The summed E-state index contributed by atoms with van der Waals surface area (Å²) in [7, 11) is 0. The molecule has 0 aliphatic heterocycles. The predicted molar refractivity (Wildman–Crippen MR) is 289 cm³/mol. The molecule has 0 aromatic heterocycles. The largest absolute Gasteiger partial charge is 3.00 e. The molecule has 430 valence electrons. The molecule has 0 aromatic rings. The zero-order chi connectivity index (χ0) is 59.9. The van der Waals surface area contributed by atoms with Crippen LogP contribution in [0.15, 0.2) is 0 Å². The monoisotopic (exact) mass is 1090 g/mol. The van der Waals surface area contributed by atoms with Crippen LogP contribution in [0.4, 0.5) is 0 Å². The minimum atomic E-state index is -1.28. The van der Waals surface area contributed by atoms with Crippen molar-refractivity contribution in [2.75, 3.05) is 0 Å². The average molecular weight is 1090 g/mol. The van der Waals surface area contributed by atoms with Gasteiger partial charge in [-0.3, -0.25) is 24.0 Å². The minimum absolute atomic E-state index is 0. The number of ketones is 5. The van der Waals surface area contributed by atoms with Crippen molar-refractivity contribution in [2.24, 2.45) is 88.8 Å². The molecular weight excluding hydrogens is 991 g/mol. The van der Waals surface area contributed by atoms with Crippen LogP contribution >= 0.6 is 0 Å². The number of carbonyl (C=O) groups excluding carboxylic acids is 10. The number of aliphatic carboxylic acids is 5. The summed E-state index contributed by atoms with van der Waals surface area (Å²) in [6.07, 6.45) is 6.23. The van der Waals surface area contributed by atoms with Crippen LogP contribution in [-0.4, -0.2) is 92.4 Å². The molecule has 0 saturated heterocycles. The van der Waals surface area contributed by atoms with Gasteiger partial charge >= 0.3 is 84.4 Å². The molecule has 17 heteroatoms. The van der Waals surface area contributed by atoms with Crippen LogP contribution in [0.2, 0.25) is 5.28 Å². The molecule has 0 aliphatic carbocycles. The number of carbonyl (C=O) groups is 10. The number of hydrogen-bond acceptors (Lipinski definition) is 15. The zero-order valence-electron chi connectivity index (χ0n) is 50.4. The van der Waals surface area contributed by atoms with Crippen molar-refractivity contribution < 1.29 is 73.5 Å². The normalized spacial score (nSPS) is 11.0. The van der Waals surface area contributed by atoms with Crippen LogP contribution in [0.5, 0.6) is 0 Å². The smallest absolute Gasteiger partial charge is 3.00 e. The topological polar surface area (TPSA) is 286 Å². The Morgan fingerprint density at radius 2 is 0.413 bits per heavy atom. The number of Topliss-reactive ketones (excluding diaryl/α,β-unsaturated/α-hetero) is 5. The SMILES string of the molecule is CC(C)C(C(=O)CC(=O)[O-])C(C)C.CC(C)C(C(=O)CC(=O)[O-])C(C)C.CC(C)C(C(=O)CC(=O)[O-])C(C)C.CC(C)C(C(=O)CC(=O)[O-])C(C)C.CC(C)C(C(=O)CC(=O)[O-])C(C)C.CCCCCCC[CH2][Al+2].[Al+3]. The summed E-state index contributed by atoms with van der Waals surface area (Å²) in [4.78, 5) is 108. The molecule has 0 aliphatic rings.